The van der Waals surface area contributed by atoms with Crippen molar-refractivity contribution in [3.8, 4) is 5.75 Å². The summed E-state index contributed by atoms with van der Waals surface area (Å²) in [6, 6.07) is 9.24. The highest BCUT2D eigenvalue weighted by atomic mass is 16.5. The molecule has 1 saturated heterocycles. The number of carbonyl (C=O) groups is 1. The highest BCUT2D eigenvalue weighted by molar-refractivity contribution is 5.95. The number of benzene rings is 1. The summed E-state index contributed by atoms with van der Waals surface area (Å²) in [6.07, 6.45) is 4.76. The quantitative estimate of drug-likeness (QED) is 0.598. The molecule has 0 saturated carbocycles. The van der Waals surface area contributed by atoms with E-state index in [1.54, 1.807) is 30.7 Å². The Kier molecular flexibility index (Phi) is 6.90. The van der Waals surface area contributed by atoms with Gasteiger partial charge in [-0.3, -0.25) is 14.7 Å². The number of amides is 1. The molecule has 27 heavy (non-hydrogen) atoms. The molecule has 1 aromatic heterocycles. The van der Waals surface area contributed by atoms with Crippen LogP contribution in [0.5, 0.6) is 5.75 Å². The average Bonchev–Trinajstić information content (AvgIpc) is 2.71. The van der Waals surface area contributed by atoms with Gasteiger partial charge in [0.25, 0.3) is 5.91 Å². The first-order valence-corrected chi connectivity index (χ1v) is 9.06. The van der Waals surface area contributed by atoms with Crippen LogP contribution in [0.15, 0.2) is 47.8 Å². The van der Waals surface area contributed by atoms with Crippen molar-refractivity contribution in [3.63, 3.8) is 0 Å². The smallest absolute Gasteiger partial charge is 0.271 e. The van der Waals surface area contributed by atoms with Crippen LogP contribution in [0.3, 0.4) is 0 Å². The standard InChI is InChI=1S/C20H24N4O3/c1-2-27-19-17(14-22-23-20(25)16-6-8-21-9-7-16)4-3-5-18(19)15-24-10-12-26-13-11-24/h3-9,14H,2,10-13,15H2,1H3,(H,23,25)/b22-14+. The molecule has 2 heterocycles. The second-order valence-corrected chi connectivity index (χ2v) is 6.09. The lowest BCUT2D eigenvalue weighted by molar-refractivity contribution is 0.0338. The number of hydrogen-bond acceptors (Lipinski definition) is 6. The number of nitrogens with zero attached hydrogens (tertiary/aromatic N) is 3. The number of rotatable bonds is 7. The van der Waals surface area contributed by atoms with Gasteiger partial charge in [-0.05, 0) is 25.1 Å². The maximum absolute atomic E-state index is 12.1. The normalized spacial score (nSPS) is 15.0. The van der Waals surface area contributed by atoms with Crippen LogP contribution in [0, 0.1) is 0 Å². The minimum Gasteiger partial charge on any atom is -0.493 e. The van der Waals surface area contributed by atoms with Crippen molar-refractivity contribution in [1.82, 2.24) is 15.3 Å². The van der Waals surface area contributed by atoms with Crippen molar-refractivity contribution >= 4 is 12.1 Å². The molecule has 1 amide bonds. The van der Waals surface area contributed by atoms with Crippen molar-refractivity contribution in [2.24, 2.45) is 5.10 Å². The Morgan fingerprint density at radius 3 is 2.81 bits per heavy atom. The maximum Gasteiger partial charge on any atom is 0.271 e. The minimum atomic E-state index is -0.281. The van der Waals surface area contributed by atoms with Gasteiger partial charge in [0.1, 0.15) is 5.75 Å². The molecule has 1 N–H and O–H groups in total. The van der Waals surface area contributed by atoms with E-state index in [1.807, 2.05) is 19.1 Å². The Labute approximate surface area is 159 Å². The highest BCUT2D eigenvalue weighted by Gasteiger charge is 2.15. The molecular formula is C20H24N4O3. The first-order chi connectivity index (χ1) is 13.3. The number of hydrogen-bond donors (Lipinski definition) is 1. The summed E-state index contributed by atoms with van der Waals surface area (Å²) in [7, 11) is 0. The van der Waals surface area contributed by atoms with Gasteiger partial charge in [0.15, 0.2) is 0 Å². The fourth-order valence-corrected chi connectivity index (χ4v) is 2.88. The number of carbonyl (C=O) groups excluding carboxylic acids is 1. The van der Waals surface area contributed by atoms with Crippen molar-refractivity contribution < 1.29 is 14.3 Å². The molecule has 0 spiro atoms. The van der Waals surface area contributed by atoms with E-state index < -0.39 is 0 Å². The van der Waals surface area contributed by atoms with Gasteiger partial charge in [0.2, 0.25) is 0 Å². The van der Waals surface area contributed by atoms with E-state index in [9.17, 15) is 4.79 Å². The summed E-state index contributed by atoms with van der Waals surface area (Å²) in [5.41, 5.74) is 4.98. The summed E-state index contributed by atoms with van der Waals surface area (Å²) in [5.74, 6) is 0.518. The van der Waals surface area contributed by atoms with E-state index in [2.05, 4.69) is 26.5 Å². The van der Waals surface area contributed by atoms with E-state index in [4.69, 9.17) is 9.47 Å². The van der Waals surface area contributed by atoms with E-state index >= 15 is 0 Å². The van der Waals surface area contributed by atoms with Crippen LogP contribution in [0.25, 0.3) is 0 Å². The molecule has 142 valence electrons. The molecule has 0 unspecified atom stereocenters. The van der Waals surface area contributed by atoms with Crippen molar-refractivity contribution in [2.45, 2.75) is 13.5 Å². The third kappa shape index (κ3) is 5.35. The lowest BCUT2D eigenvalue weighted by Crippen LogP contribution is -2.35. The maximum atomic E-state index is 12.1. The highest BCUT2D eigenvalue weighted by Crippen LogP contribution is 2.25. The van der Waals surface area contributed by atoms with Crippen molar-refractivity contribution in [2.75, 3.05) is 32.9 Å². The summed E-state index contributed by atoms with van der Waals surface area (Å²) in [6.45, 7) is 6.64. The number of hydrazone groups is 1. The molecule has 1 aromatic carbocycles. The van der Waals surface area contributed by atoms with Crippen LogP contribution in [0.4, 0.5) is 0 Å². The number of ether oxygens (including phenoxy) is 2. The number of nitrogens with one attached hydrogen (secondary N) is 1. The third-order valence-corrected chi connectivity index (χ3v) is 4.23. The van der Waals surface area contributed by atoms with Crippen LogP contribution in [0.2, 0.25) is 0 Å². The van der Waals surface area contributed by atoms with Gasteiger partial charge in [0.05, 0.1) is 26.0 Å². The van der Waals surface area contributed by atoms with E-state index in [0.717, 1.165) is 49.7 Å². The molecule has 1 aliphatic heterocycles. The van der Waals surface area contributed by atoms with Gasteiger partial charge >= 0.3 is 0 Å². The van der Waals surface area contributed by atoms with Crippen LogP contribution >= 0.6 is 0 Å². The van der Waals surface area contributed by atoms with E-state index in [0.29, 0.717) is 12.2 Å². The zero-order valence-electron chi connectivity index (χ0n) is 15.4. The Morgan fingerprint density at radius 1 is 1.30 bits per heavy atom. The predicted molar refractivity (Wildman–Crippen MR) is 103 cm³/mol. The molecule has 7 heteroatoms. The zero-order chi connectivity index (χ0) is 18.9. The number of aromatic nitrogens is 1. The van der Waals surface area contributed by atoms with Crippen LogP contribution in [0.1, 0.15) is 28.4 Å². The predicted octanol–water partition coefficient (Wildman–Crippen LogP) is 2.08. The monoisotopic (exact) mass is 368 g/mol. The summed E-state index contributed by atoms with van der Waals surface area (Å²) in [4.78, 5) is 18.3. The van der Waals surface area contributed by atoms with E-state index in [-0.39, 0.29) is 5.91 Å². The third-order valence-electron chi connectivity index (χ3n) is 4.23. The molecule has 0 atom stereocenters. The molecule has 0 radical (unpaired) electrons. The second kappa shape index (κ2) is 9.80. The SMILES string of the molecule is CCOc1c(/C=N/NC(=O)c2ccncc2)cccc1CN1CCOCC1. The fourth-order valence-electron chi connectivity index (χ4n) is 2.88. The summed E-state index contributed by atoms with van der Waals surface area (Å²) in [5, 5.41) is 4.09. The topological polar surface area (TPSA) is 76.0 Å². The van der Waals surface area contributed by atoms with Gasteiger partial charge in [-0.15, -0.1) is 0 Å². The van der Waals surface area contributed by atoms with Gasteiger partial charge in [0, 0.05) is 48.7 Å². The lowest BCUT2D eigenvalue weighted by atomic mass is 10.1. The molecule has 1 aliphatic rings. The largest absolute Gasteiger partial charge is 0.493 e. The first-order valence-electron chi connectivity index (χ1n) is 9.06. The van der Waals surface area contributed by atoms with Gasteiger partial charge < -0.3 is 9.47 Å². The number of morpholine rings is 1. The van der Waals surface area contributed by atoms with Crippen molar-refractivity contribution in [1.29, 1.82) is 0 Å². The van der Waals surface area contributed by atoms with E-state index in [1.165, 1.54) is 0 Å². The molecule has 7 nitrogen and oxygen atoms in total. The Bertz CT molecular complexity index is 774. The Morgan fingerprint density at radius 2 is 2.07 bits per heavy atom. The Hall–Kier alpha value is -2.77. The van der Waals surface area contributed by atoms with Crippen LogP contribution in [-0.4, -0.2) is 54.9 Å². The second-order valence-electron chi connectivity index (χ2n) is 6.09. The molecule has 0 aliphatic carbocycles. The van der Waals surface area contributed by atoms with Crippen LogP contribution < -0.4 is 10.2 Å². The number of para-hydroxylation sites is 1. The molecule has 2 aromatic rings. The summed E-state index contributed by atoms with van der Waals surface area (Å²) < 4.78 is 11.3. The van der Waals surface area contributed by atoms with Gasteiger partial charge in [-0.1, -0.05) is 12.1 Å². The molecule has 3 rings (SSSR count). The average molecular weight is 368 g/mol. The van der Waals surface area contributed by atoms with Crippen LogP contribution in [-0.2, 0) is 11.3 Å². The zero-order valence-corrected chi connectivity index (χ0v) is 15.4. The first kappa shape index (κ1) is 19.0. The summed E-state index contributed by atoms with van der Waals surface area (Å²) >= 11 is 0. The van der Waals surface area contributed by atoms with Gasteiger partial charge in [-0.25, -0.2) is 5.43 Å². The lowest BCUT2D eigenvalue weighted by Gasteiger charge is -2.27. The Balaban J connectivity index is 1.71. The minimum absolute atomic E-state index is 0.281. The molecular weight excluding hydrogens is 344 g/mol. The number of pyridine rings is 1. The fraction of sp³-hybridized carbons (Fsp3) is 0.350. The molecule has 1 fully saturated rings. The molecule has 0 bridgehead atoms. The van der Waals surface area contributed by atoms with Gasteiger partial charge in [-0.2, -0.15) is 5.10 Å². The van der Waals surface area contributed by atoms with Crippen molar-refractivity contribution in [3.05, 3.63) is 59.4 Å².